The first-order valence-electron chi connectivity index (χ1n) is 6.77. The van der Waals surface area contributed by atoms with Crippen molar-refractivity contribution in [2.75, 3.05) is 26.8 Å². The van der Waals surface area contributed by atoms with Crippen LogP contribution in [-0.4, -0.2) is 37.7 Å². The van der Waals surface area contributed by atoms with E-state index in [1.807, 2.05) is 24.5 Å². The summed E-state index contributed by atoms with van der Waals surface area (Å²) in [5.41, 5.74) is 8.10. The van der Waals surface area contributed by atoms with E-state index in [9.17, 15) is 0 Å². The van der Waals surface area contributed by atoms with Gasteiger partial charge in [-0.25, -0.2) is 0 Å². The van der Waals surface area contributed by atoms with Crippen LogP contribution in [0.1, 0.15) is 18.0 Å². The summed E-state index contributed by atoms with van der Waals surface area (Å²) in [7, 11) is 2.12. The molecule has 2 heterocycles. The molecule has 0 aliphatic carbocycles. The maximum absolute atomic E-state index is 6.00. The smallest absolute Gasteiger partial charge is 0.134 e. The molecule has 2 atom stereocenters. The summed E-state index contributed by atoms with van der Waals surface area (Å²) in [6, 6.07) is 8.73. The highest BCUT2D eigenvalue weighted by molar-refractivity contribution is 5.81. The highest BCUT2D eigenvalue weighted by Gasteiger charge is 2.28. The van der Waals surface area contributed by atoms with E-state index in [4.69, 9.17) is 14.9 Å². The van der Waals surface area contributed by atoms with Crippen molar-refractivity contribution < 1.29 is 9.15 Å². The van der Waals surface area contributed by atoms with Crippen LogP contribution in [0.5, 0.6) is 0 Å². The Bertz CT molecular complexity index is 546. The number of benzene rings is 1. The number of rotatable bonds is 4. The van der Waals surface area contributed by atoms with Crippen molar-refractivity contribution in [2.45, 2.75) is 18.5 Å². The van der Waals surface area contributed by atoms with E-state index < -0.39 is 0 Å². The van der Waals surface area contributed by atoms with E-state index in [0.717, 1.165) is 30.6 Å². The molecule has 1 aromatic carbocycles. The number of fused-ring (bicyclic) bond motifs is 1. The Morgan fingerprint density at radius 2 is 2.26 bits per heavy atom. The van der Waals surface area contributed by atoms with Crippen molar-refractivity contribution in [1.29, 1.82) is 0 Å². The lowest BCUT2D eigenvalue weighted by Gasteiger charge is -2.31. The second-order valence-corrected chi connectivity index (χ2v) is 5.12. The molecule has 2 N–H and O–H groups in total. The van der Waals surface area contributed by atoms with Crippen molar-refractivity contribution in [3.8, 4) is 0 Å². The van der Waals surface area contributed by atoms with Crippen LogP contribution in [0.4, 0.5) is 0 Å². The predicted octanol–water partition coefficient (Wildman–Crippen LogP) is 2.15. The summed E-state index contributed by atoms with van der Waals surface area (Å²) >= 11 is 0. The molecule has 1 saturated heterocycles. The third-order valence-electron chi connectivity index (χ3n) is 4.07. The van der Waals surface area contributed by atoms with Crippen molar-refractivity contribution in [1.82, 2.24) is 4.90 Å². The van der Waals surface area contributed by atoms with Crippen LogP contribution in [0.25, 0.3) is 11.0 Å². The maximum atomic E-state index is 6.00. The van der Waals surface area contributed by atoms with Gasteiger partial charge in [0, 0.05) is 30.1 Å². The minimum atomic E-state index is 0.176. The molecule has 1 aliphatic heterocycles. The molecule has 1 fully saturated rings. The molecule has 0 radical (unpaired) electrons. The molecule has 4 heteroatoms. The fourth-order valence-corrected chi connectivity index (χ4v) is 2.87. The van der Waals surface area contributed by atoms with Gasteiger partial charge in [-0.05, 0) is 19.5 Å². The van der Waals surface area contributed by atoms with Crippen molar-refractivity contribution in [3.63, 3.8) is 0 Å². The van der Waals surface area contributed by atoms with Gasteiger partial charge >= 0.3 is 0 Å². The molecule has 102 valence electrons. The summed E-state index contributed by atoms with van der Waals surface area (Å²) in [4.78, 5) is 2.32. The van der Waals surface area contributed by atoms with Crippen molar-refractivity contribution in [3.05, 3.63) is 36.1 Å². The highest BCUT2D eigenvalue weighted by Crippen LogP contribution is 2.31. The Labute approximate surface area is 113 Å². The number of likely N-dealkylation sites (N-methyl/N-ethyl adjacent to an activating group) is 1. The molecule has 2 aromatic rings. The lowest BCUT2D eigenvalue weighted by molar-refractivity contribution is 0.134. The fraction of sp³-hybridized carbons (Fsp3) is 0.467. The van der Waals surface area contributed by atoms with Crippen LogP contribution < -0.4 is 5.73 Å². The predicted molar refractivity (Wildman–Crippen MR) is 75.0 cm³/mol. The first-order valence-corrected chi connectivity index (χ1v) is 6.77. The van der Waals surface area contributed by atoms with Gasteiger partial charge in [0.05, 0.1) is 18.9 Å². The van der Waals surface area contributed by atoms with E-state index in [-0.39, 0.29) is 6.04 Å². The second kappa shape index (κ2) is 5.33. The average Bonchev–Trinajstić information content (AvgIpc) is 3.09. The maximum Gasteiger partial charge on any atom is 0.134 e. The number of hydrogen-bond acceptors (Lipinski definition) is 4. The van der Waals surface area contributed by atoms with E-state index in [1.165, 1.54) is 5.56 Å². The summed E-state index contributed by atoms with van der Waals surface area (Å²) in [5, 5.41) is 1.16. The minimum absolute atomic E-state index is 0.176. The molecule has 1 aliphatic rings. The molecule has 19 heavy (non-hydrogen) atoms. The molecule has 4 nitrogen and oxygen atoms in total. The largest absolute Gasteiger partial charge is 0.464 e. The van der Waals surface area contributed by atoms with Gasteiger partial charge in [-0.1, -0.05) is 18.2 Å². The Kier molecular flexibility index (Phi) is 3.55. The third kappa shape index (κ3) is 2.27. The van der Waals surface area contributed by atoms with Crippen LogP contribution in [0.2, 0.25) is 0 Å². The molecule has 2 unspecified atom stereocenters. The first kappa shape index (κ1) is 12.7. The minimum Gasteiger partial charge on any atom is -0.464 e. The molecule has 0 spiro atoms. The van der Waals surface area contributed by atoms with Crippen molar-refractivity contribution in [2.24, 2.45) is 5.73 Å². The lowest BCUT2D eigenvalue weighted by Crippen LogP contribution is -2.38. The normalized spacial score (nSPS) is 21.3. The number of hydrogen-bond donors (Lipinski definition) is 1. The molecule has 1 aromatic heterocycles. The summed E-state index contributed by atoms with van der Waals surface area (Å²) < 4.78 is 11.1. The van der Waals surface area contributed by atoms with Crippen LogP contribution in [0.3, 0.4) is 0 Å². The van der Waals surface area contributed by atoms with Gasteiger partial charge in [0.15, 0.2) is 0 Å². The van der Waals surface area contributed by atoms with Gasteiger partial charge < -0.3 is 14.9 Å². The molecule has 0 saturated carbocycles. The van der Waals surface area contributed by atoms with Crippen molar-refractivity contribution >= 4 is 11.0 Å². The number of furan rings is 1. The lowest BCUT2D eigenvalue weighted by atomic mass is 10.0. The zero-order valence-corrected chi connectivity index (χ0v) is 11.2. The summed E-state index contributed by atoms with van der Waals surface area (Å²) in [6.07, 6.45) is 2.91. The molecule has 0 amide bonds. The van der Waals surface area contributed by atoms with E-state index in [2.05, 4.69) is 18.0 Å². The number of ether oxygens (including phenoxy) is 1. The molecular weight excluding hydrogens is 240 g/mol. The number of nitrogens with zero attached hydrogens (tertiary/aromatic N) is 1. The summed E-state index contributed by atoms with van der Waals surface area (Å²) in [5.74, 6) is 0. The first-order chi connectivity index (χ1) is 9.31. The monoisotopic (exact) mass is 260 g/mol. The zero-order chi connectivity index (χ0) is 13.2. The standard InChI is InChI=1S/C15H20N2O2/c1-17(11-6-7-18-9-11)14(8-16)13-10-19-15-5-3-2-4-12(13)15/h2-5,10-11,14H,6-9,16H2,1H3. The third-order valence-corrected chi connectivity index (χ3v) is 4.07. The van der Waals surface area contributed by atoms with Crippen LogP contribution in [0, 0.1) is 0 Å². The fourth-order valence-electron chi connectivity index (χ4n) is 2.87. The number of para-hydroxylation sites is 1. The van der Waals surface area contributed by atoms with Gasteiger partial charge in [-0.2, -0.15) is 0 Å². The van der Waals surface area contributed by atoms with Crippen LogP contribution in [-0.2, 0) is 4.74 Å². The second-order valence-electron chi connectivity index (χ2n) is 5.12. The Hall–Kier alpha value is -1.36. The molecule has 3 rings (SSSR count). The van der Waals surface area contributed by atoms with E-state index in [0.29, 0.717) is 12.6 Å². The van der Waals surface area contributed by atoms with Gasteiger partial charge in [0.25, 0.3) is 0 Å². The quantitative estimate of drug-likeness (QED) is 0.915. The van der Waals surface area contributed by atoms with Crippen LogP contribution >= 0.6 is 0 Å². The Morgan fingerprint density at radius 3 is 3.00 bits per heavy atom. The molecule has 0 bridgehead atoms. The zero-order valence-electron chi connectivity index (χ0n) is 11.2. The number of nitrogens with two attached hydrogens (primary N) is 1. The van der Waals surface area contributed by atoms with Crippen LogP contribution in [0.15, 0.2) is 34.9 Å². The van der Waals surface area contributed by atoms with Gasteiger partial charge in [-0.15, -0.1) is 0 Å². The van der Waals surface area contributed by atoms with E-state index >= 15 is 0 Å². The summed E-state index contributed by atoms with van der Waals surface area (Å²) in [6.45, 7) is 2.22. The SMILES string of the molecule is CN(C1CCOC1)C(CN)c1coc2ccccc12. The van der Waals surface area contributed by atoms with Gasteiger partial charge in [-0.3, -0.25) is 4.90 Å². The Balaban J connectivity index is 1.92. The average molecular weight is 260 g/mol. The topological polar surface area (TPSA) is 51.6 Å². The highest BCUT2D eigenvalue weighted by atomic mass is 16.5. The van der Waals surface area contributed by atoms with E-state index in [1.54, 1.807) is 0 Å². The van der Waals surface area contributed by atoms with Gasteiger partial charge in [0.2, 0.25) is 0 Å². The Morgan fingerprint density at radius 1 is 1.42 bits per heavy atom. The van der Waals surface area contributed by atoms with Gasteiger partial charge in [0.1, 0.15) is 5.58 Å². The molecular formula is C15H20N2O2.